The Bertz CT molecular complexity index is 375. The molecule has 1 fully saturated rings. The summed E-state index contributed by atoms with van der Waals surface area (Å²) in [6.07, 6.45) is 0.630. The van der Waals surface area contributed by atoms with Gasteiger partial charge in [-0.1, -0.05) is 6.92 Å². The molecule has 0 saturated carbocycles. The lowest BCUT2D eigenvalue weighted by atomic mass is 10.1. The van der Waals surface area contributed by atoms with Crippen molar-refractivity contribution in [3.63, 3.8) is 0 Å². The first-order valence-electron chi connectivity index (χ1n) is 4.85. The lowest BCUT2D eigenvalue weighted by Gasteiger charge is -2.31. The van der Waals surface area contributed by atoms with Crippen LogP contribution in [0.5, 0.6) is 0 Å². The summed E-state index contributed by atoms with van der Waals surface area (Å²) in [6.45, 7) is 2.02. The Balaban J connectivity index is 2.24. The zero-order valence-electron chi connectivity index (χ0n) is 8.40. The zero-order chi connectivity index (χ0) is 10.8. The van der Waals surface area contributed by atoms with Crippen LogP contribution in [0.4, 0.5) is 5.69 Å². The van der Waals surface area contributed by atoms with Crippen LogP contribution in [0.3, 0.4) is 0 Å². The van der Waals surface area contributed by atoms with Crippen molar-refractivity contribution in [1.29, 1.82) is 0 Å². The molecule has 15 heavy (non-hydrogen) atoms. The number of hydrogen-bond acceptors (Lipinski definition) is 3. The van der Waals surface area contributed by atoms with Crippen LogP contribution in [-0.2, 0) is 9.59 Å². The molecule has 1 aromatic rings. The summed E-state index contributed by atoms with van der Waals surface area (Å²) in [5, 5.41) is 6.46. The Morgan fingerprint density at radius 3 is 3.00 bits per heavy atom. The van der Waals surface area contributed by atoms with Gasteiger partial charge in [0.2, 0.25) is 11.8 Å². The van der Waals surface area contributed by atoms with Gasteiger partial charge in [-0.25, -0.2) is 0 Å². The molecule has 4 nitrogen and oxygen atoms in total. The van der Waals surface area contributed by atoms with Gasteiger partial charge in [-0.05, 0) is 17.9 Å². The van der Waals surface area contributed by atoms with E-state index < -0.39 is 0 Å². The van der Waals surface area contributed by atoms with Crippen molar-refractivity contribution in [1.82, 2.24) is 5.32 Å². The summed E-state index contributed by atoms with van der Waals surface area (Å²) in [6, 6.07) is 1.49. The monoisotopic (exact) mass is 224 g/mol. The Morgan fingerprint density at radius 2 is 2.40 bits per heavy atom. The first-order valence-corrected chi connectivity index (χ1v) is 5.79. The normalized spacial score (nSPS) is 21.7. The van der Waals surface area contributed by atoms with Crippen molar-refractivity contribution in [2.75, 3.05) is 11.4 Å². The Labute approximate surface area is 91.9 Å². The summed E-state index contributed by atoms with van der Waals surface area (Å²) in [5.74, 6) is -0.108. The lowest BCUT2D eigenvalue weighted by Crippen LogP contribution is -2.57. The quantitative estimate of drug-likeness (QED) is 0.814. The third-order valence-corrected chi connectivity index (χ3v) is 3.10. The van der Waals surface area contributed by atoms with Crippen molar-refractivity contribution >= 4 is 28.8 Å². The average Bonchev–Trinajstić information content (AvgIpc) is 2.74. The number of hydrogen-bond donors (Lipinski definition) is 1. The molecule has 1 N–H and O–H groups in total. The summed E-state index contributed by atoms with van der Waals surface area (Å²) in [4.78, 5) is 24.8. The molecule has 0 aliphatic carbocycles. The topological polar surface area (TPSA) is 49.4 Å². The lowest BCUT2D eigenvalue weighted by molar-refractivity contribution is -0.131. The number of amides is 2. The number of nitrogens with zero attached hydrogens (tertiary/aromatic N) is 1. The minimum Gasteiger partial charge on any atom is -0.343 e. The highest BCUT2D eigenvalue weighted by molar-refractivity contribution is 7.08. The Kier molecular flexibility index (Phi) is 2.73. The van der Waals surface area contributed by atoms with E-state index in [4.69, 9.17) is 0 Å². The Morgan fingerprint density at radius 1 is 1.60 bits per heavy atom. The van der Waals surface area contributed by atoms with Gasteiger partial charge in [-0.3, -0.25) is 9.59 Å². The standard InChI is InChI=1S/C10H12N2O2S/c1-2-8-10(14)12(5-9(13)11-8)7-3-4-15-6-7/h3-4,6,8H,2,5H2,1H3,(H,11,13). The van der Waals surface area contributed by atoms with E-state index in [-0.39, 0.29) is 24.4 Å². The fourth-order valence-electron chi connectivity index (χ4n) is 1.62. The van der Waals surface area contributed by atoms with E-state index in [9.17, 15) is 9.59 Å². The van der Waals surface area contributed by atoms with Gasteiger partial charge in [0.05, 0.1) is 5.69 Å². The number of rotatable bonds is 2. The van der Waals surface area contributed by atoms with Gasteiger partial charge < -0.3 is 10.2 Å². The van der Waals surface area contributed by atoms with Gasteiger partial charge in [-0.15, -0.1) is 0 Å². The highest BCUT2D eigenvalue weighted by Crippen LogP contribution is 2.20. The minimum absolute atomic E-state index is 0.0181. The third kappa shape index (κ3) is 1.87. The van der Waals surface area contributed by atoms with Crippen molar-refractivity contribution in [3.05, 3.63) is 16.8 Å². The fourth-order valence-corrected chi connectivity index (χ4v) is 2.26. The van der Waals surface area contributed by atoms with Gasteiger partial charge in [0, 0.05) is 5.38 Å². The van der Waals surface area contributed by atoms with Crippen molar-refractivity contribution < 1.29 is 9.59 Å². The molecule has 1 unspecified atom stereocenters. The predicted molar refractivity (Wildman–Crippen MR) is 58.9 cm³/mol. The number of piperazine rings is 1. The van der Waals surface area contributed by atoms with E-state index in [1.54, 1.807) is 4.90 Å². The molecule has 2 rings (SSSR count). The van der Waals surface area contributed by atoms with Gasteiger partial charge in [0.15, 0.2) is 0 Å². The number of carbonyl (C=O) groups is 2. The van der Waals surface area contributed by atoms with Crippen LogP contribution in [0.2, 0.25) is 0 Å². The molecule has 1 aliphatic heterocycles. The highest BCUT2D eigenvalue weighted by atomic mass is 32.1. The maximum Gasteiger partial charge on any atom is 0.250 e. The summed E-state index contributed by atoms with van der Waals surface area (Å²) in [5.41, 5.74) is 0.818. The molecular formula is C10H12N2O2S. The van der Waals surface area contributed by atoms with Crippen molar-refractivity contribution in [3.8, 4) is 0 Å². The molecule has 80 valence electrons. The number of nitrogens with one attached hydrogen (secondary N) is 1. The van der Waals surface area contributed by atoms with Crippen LogP contribution in [0.1, 0.15) is 13.3 Å². The second-order valence-electron chi connectivity index (χ2n) is 3.43. The predicted octanol–water partition coefficient (Wildman–Crippen LogP) is 0.989. The number of carbonyl (C=O) groups excluding carboxylic acids is 2. The first-order chi connectivity index (χ1) is 7.22. The molecule has 0 aromatic carbocycles. The second kappa shape index (κ2) is 4.02. The van der Waals surface area contributed by atoms with E-state index in [0.717, 1.165) is 5.69 Å². The van der Waals surface area contributed by atoms with E-state index in [1.807, 2.05) is 23.8 Å². The third-order valence-electron chi connectivity index (χ3n) is 2.43. The van der Waals surface area contributed by atoms with Gasteiger partial charge in [0.25, 0.3) is 0 Å². The molecule has 5 heteroatoms. The van der Waals surface area contributed by atoms with Crippen LogP contribution < -0.4 is 10.2 Å². The molecule has 0 bridgehead atoms. The average molecular weight is 224 g/mol. The molecule has 0 radical (unpaired) electrons. The maximum absolute atomic E-state index is 11.9. The van der Waals surface area contributed by atoms with Crippen molar-refractivity contribution in [2.24, 2.45) is 0 Å². The fraction of sp³-hybridized carbons (Fsp3) is 0.400. The number of thiophene rings is 1. The number of anilines is 1. The van der Waals surface area contributed by atoms with E-state index in [1.165, 1.54) is 11.3 Å². The zero-order valence-corrected chi connectivity index (χ0v) is 9.21. The van der Waals surface area contributed by atoms with Crippen LogP contribution in [0, 0.1) is 0 Å². The van der Waals surface area contributed by atoms with Crippen LogP contribution >= 0.6 is 11.3 Å². The van der Waals surface area contributed by atoms with E-state index in [2.05, 4.69) is 5.32 Å². The summed E-state index contributed by atoms with van der Waals surface area (Å²) in [7, 11) is 0. The first kappa shape index (κ1) is 10.2. The second-order valence-corrected chi connectivity index (χ2v) is 4.21. The largest absolute Gasteiger partial charge is 0.343 e. The molecule has 1 aliphatic rings. The van der Waals surface area contributed by atoms with Crippen LogP contribution in [0.25, 0.3) is 0 Å². The molecule has 2 amide bonds. The summed E-state index contributed by atoms with van der Waals surface area (Å²) < 4.78 is 0. The summed E-state index contributed by atoms with van der Waals surface area (Å²) >= 11 is 1.52. The van der Waals surface area contributed by atoms with Crippen LogP contribution in [0.15, 0.2) is 16.8 Å². The minimum atomic E-state index is -0.369. The van der Waals surface area contributed by atoms with E-state index >= 15 is 0 Å². The molecule has 0 spiro atoms. The molecule has 2 heterocycles. The molecule has 1 aromatic heterocycles. The van der Waals surface area contributed by atoms with Crippen LogP contribution in [-0.4, -0.2) is 24.4 Å². The molecule has 1 saturated heterocycles. The van der Waals surface area contributed by atoms with E-state index in [0.29, 0.717) is 6.42 Å². The molecule has 1 atom stereocenters. The maximum atomic E-state index is 11.9. The smallest absolute Gasteiger partial charge is 0.250 e. The van der Waals surface area contributed by atoms with Gasteiger partial charge in [-0.2, -0.15) is 11.3 Å². The Hall–Kier alpha value is -1.36. The highest BCUT2D eigenvalue weighted by Gasteiger charge is 2.32. The SMILES string of the molecule is CCC1NC(=O)CN(c2ccsc2)C1=O. The molecular weight excluding hydrogens is 212 g/mol. The van der Waals surface area contributed by atoms with Crippen molar-refractivity contribution in [2.45, 2.75) is 19.4 Å². The van der Waals surface area contributed by atoms with Gasteiger partial charge >= 0.3 is 0 Å². The van der Waals surface area contributed by atoms with Gasteiger partial charge in [0.1, 0.15) is 12.6 Å².